The number of hydrogen-bond acceptors (Lipinski definition) is 3. The van der Waals surface area contributed by atoms with Gasteiger partial charge in [-0.05, 0) is 31.6 Å². The van der Waals surface area contributed by atoms with Crippen LogP contribution in [0.15, 0.2) is 5.38 Å². The lowest BCUT2D eigenvalue weighted by Gasteiger charge is -2.33. The zero-order valence-corrected chi connectivity index (χ0v) is 12.0. The van der Waals surface area contributed by atoms with Crippen molar-refractivity contribution in [2.75, 3.05) is 6.54 Å². The molecule has 1 fully saturated rings. The molecule has 0 aliphatic heterocycles. The Balaban J connectivity index is 1.74. The maximum Gasteiger partial charge on any atom is 0.0940 e. The molecule has 2 rings (SSSR count). The van der Waals surface area contributed by atoms with Gasteiger partial charge in [0.25, 0.3) is 0 Å². The molecule has 0 radical (unpaired) electrons. The molecule has 0 amide bonds. The first kappa shape index (κ1) is 13.0. The molecule has 1 N–H and O–H groups in total. The maximum atomic E-state index is 4.51. The first-order valence-electron chi connectivity index (χ1n) is 6.79. The Kier molecular flexibility index (Phi) is 4.57. The van der Waals surface area contributed by atoms with E-state index in [1.54, 1.807) is 11.3 Å². The largest absolute Gasteiger partial charge is 0.313 e. The van der Waals surface area contributed by atoms with Gasteiger partial charge in [-0.1, -0.05) is 20.3 Å². The van der Waals surface area contributed by atoms with Gasteiger partial charge < -0.3 is 5.32 Å². The van der Waals surface area contributed by atoms with Crippen LogP contribution in [-0.2, 0) is 6.42 Å². The van der Waals surface area contributed by atoms with Gasteiger partial charge in [-0.25, -0.2) is 4.98 Å². The minimum absolute atomic E-state index is 0.722. The lowest BCUT2D eigenvalue weighted by molar-refractivity contribution is 0.230. The Morgan fingerprint density at radius 1 is 1.41 bits per heavy atom. The van der Waals surface area contributed by atoms with Crippen LogP contribution in [0.1, 0.15) is 43.8 Å². The van der Waals surface area contributed by atoms with Gasteiger partial charge in [-0.3, -0.25) is 0 Å². The highest BCUT2D eigenvalue weighted by Crippen LogP contribution is 2.28. The average Bonchev–Trinajstić information content (AvgIpc) is 2.69. The molecular formula is C14H24N2S. The molecule has 0 saturated heterocycles. The molecule has 17 heavy (non-hydrogen) atoms. The Hall–Kier alpha value is -0.410. The quantitative estimate of drug-likeness (QED) is 0.888. The van der Waals surface area contributed by atoms with Crippen molar-refractivity contribution in [1.82, 2.24) is 10.3 Å². The SMILES string of the molecule is Cc1csc(CCNC2CC(C)CCC2C)n1. The third-order valence-electron chi connectivity index (χ3n) is 3.87. The fourth-order valence-electron chi connectivity index (χ4n) is 2.70. The van der Waals surface area contributed by atoms with Crippen molar-refractivity contribution in [3.63, 3.8) is 0 Å². The standard InChI is InChI=1S/C14H24N2S/c1-10-4-5-11(2)13(8-10)15-7-6-14-16-12(3)9-17-14/h9-11,13,15H,4-8H2,1-3H3. The summed E-state index contributed by atoms with van der Waals surface area (Å²) in [5.41, 5.74) is 1.16. The molecule has 0 aromatic carbocycles. The van der Waals surface area contributed by atoms with E-state index in [1.807, 2.05) is 0 Å². The Bertz CT molecular complexity index is 348. The van der Waals surface area contributed by atoms with Crippen LogP contribution in [0.4, 0.5) is 0 Å². The van der Waals surface area contributed by atoms with Crippen LogP contribution in [0.2, 0.25) is 0 Å². The van der Waals surface area contributed by atoms with Gasteiger partial charge in [0.15, 0.2) is 0 Å². The van der Waals surface area contributed by atoms with Crippen molar-refractivity contribution < 1.29 is 0 Å². The summed E-state index contributed by atoms with van der Waals surface area (Å²) in [5.74, 6) is 1.73. The molecule has 1 aliphatic carbocycles. The molecule has 0 spiro atoms. The second-order valence-corrected chi connectivity index (χ2v) is 6.53. The van der Waals surface area contributed by atoms with Gasteiger partial charge in [-0.2, -0.15) is 0 Å². The molecular weight excluding hydrogens is 228 g/mol. The van der Waals surface area contributed by atoms with Crippen LogP contribution in [0, 0.1) is 18.8 Å². The first-order chi connectivity index (χ1) is 8.15. The molecule has 1 heterocycles. The molecule has 3 unspecified atom stereocenters. The van der Waals surface area contributed by atoms with Gasteiger partial charge in [0.1, 0.15) is 0 Å². The van der Waals surface area contributed by atoms with E-state index in [1.165, 1.54) is 24.3 Å². The van der Waals surface area contributed by atoms with E-state index in [-0.39, 0.29) is 0 Å². The summed E-state index contributed by atoms with van der Waals surface area (Å²) < 4.78 is 0. The van der Waals surface area contributed by atoms with Crippen LogP contribution >= 0.6 is 11.3 Å². The van der Waals surface area contributed by atoms with Gasteiger partial charge in [-0.15, -0.1) is 11.3 Å². The number of aromatic nitrogens is 1. The van der Waals surface area contributed by atoms with E-state index in [2.05, 4.69) is 36.5 Å². The number of aryl methyl sites for hydroxylation is 1. The lowest BCUT2D eigenvalue weighted by atomic mass is 9.80. The minimum Gasteiger partial charge on any atom is -0.313 e. The van der Waals surface area contributed by atoms with Crippen LogP contribution in [-0.4, -0.2) is 17.6 Å². The van der Waals surface area contributed by atoms with Crippen molar-refractivity contribution in [2.45, 2.75) is 52.5 Å². The van der Waals surface area contributed by atoms with Crippen molar-refractivity contribution >= 4 is 11.3 Å². The molecule has 1 saturated carbocycles. The topological polar surface area (TPSA) is 24.9 Å². The van der Waals surface area contributed by atoms with Crippen LogP contribution in [0.25, 0.3) is 0 Å². The predicted molar refractivity (Wildman–Crippen MR) is 74.5 cm³/mol. The monoisotopic (exact) mass is 252 g/mol. The first-order valence-corrected chi connectivity index (χ1v) is 7.67. The molecule has 3 heteroatoms. The predicted octanol–water partition coefficient (Wildman–Crippen LogP) is 3.41. The molecule has 0 bridgehead atoms. The van der Waals surface area contributed by atoms with Gasteiger partial charge >= 0.3 is 0 Å². The van der Waals surface area contributed by atoms with E-state index < -0.39 is 0 Å². The maximum absolute atomic E-state index is 4.51. The molecule has 1 aromatic rings. The lowest BCUT2D eigenvalue weighted by Crippen LogP contribution is -2.40. The van der Waals surface area contributed by atoms with E-state index in [0.717, 1.165) is 36.5 Å². The van der Waals surface area contributed by atoms with Gasteiger partial charge in [0, 0.05) is 30.1 Å². The minimum atomic E-state index is 0.722. The van der Waals surface area contributed by atoms with Gasteiger partial charge in [0.2, 0.25) is 0 Å². The molecule has 96 valence electrons. The Labute approximate surface area is 109 Å². The highest BCUT2D eigenvalue weighted by Gasteiger charge is 2.24. The average molecular weight is 252 g/mol. The number of nitrogens with zero attached hydrogens (tertiary/aromatic N) is 1. The van der Waals surface area contributed by atoms with Crippen molar-refractivity contribution in [3.05, 3.63) is 16.1 Å². The Morgan fingerprint density at radius 2 is 2.24 bits per heavy atom. The second kappa shape index (κ2) is 5.96. The van der Waals surface area contributed by atoms with Crippen LogP contribution in [0.5, 0.6) is 0 Å². The van der Waals surface area contributed by atoms with Crippen molar-refractivity contribution in [1.29, 1.82) is 0 Å². The van der Waals surface area contributed by atoms with E-state index in [9.17, 15) is 0 Å². The smallest absolute Gasteiger partial charge is 0.0940 e. The van der Waals surface area contributed by atoms with Crippen LogP contribution < -0.4 is 5.32 Å². The molecule has 1 aromatic heterocycles. The zero-order valence-electron chi connectivity index (χ0n) is 11.2. The van der Waals surface area contributed by atoms with E-state index in [4.69, 9.17) is 0 Å². The molecule has 3 atom stereocenters. The highest BCUT2D eigenvalue weighted by atomic mass is 32.1. The molecule has 2 nitrogen and oxygen atoms in total. The fourth-order valence-corrected chi connectivity index (χ4v) is 3.47. The second-order valence-electron chi connectivity index (χ2n) is 5.59. The summed E-state index contributed by atoms with van der Waals surface area (Å²) in [7, 11) is 0. The summed E-state index contributed by atoms with van der Waals surface area (Å²) in [6.07, 6.45) is 5.22. The van der Waals surface area contributed by atoms with E-state index in [0.29, 0.717) is 0 Å². The third kappa shape index (κ3) is 3.78. The highest BCUT2D eigenvalue weighted by molar-refractivity contribution is 7.09. The third-order valence-corrected chi connectivity index (χ3v) is 4.90. The summed E-state index contributed by atoms with van der Waals surface area (Å²) in [6.45, 7) is 7.91. The number of hydrogen-bond donors (Lipinski definition) is 1. The zero-order chi connectivity index (χ0) is 12.3. The fraction of sp³-hybridized carbons (Fsp3) is 0.786. The Morgan fingerprint density at radius 3 is 2.94 bits per heavy atom. The van der Waals surface area contributed by atoms with Gasteiger partial charge in [0.05, 0.1) is 5.01 Å². The number of rotatable bonds is 4. The summed E-state index contributed by atoms with van der Waals surface area (Å²) in [5, 5.41) is 7.14. The molecule has 1 aliphatic rings. The summed E-state index contributed by atoms with van der Waals surface area (Å²) in [6, 6.07) is 0.722. The van der Waals surface area contributed by atoms with Crippen LogP contribution in [0.3, 0.4) is 0 Å². The van der Waals surface area contributed by atoms with Crippen molar-refractivity contribution in [3.8, 4) is 0 Å². The van der Waals surface area contributed by atoms with E-state index >= 15 is 0 Å². The normalized spacial score (nSPS) is 29.5. The number of nitrogens with one attached hydrogen (secondary N) is 1. The summed E-state index contributed by atoms with van der Waals surface area (Å²) in [4.78, 5) is 4.51. The summed E-state index contributed by atoms with van der Waals surface area (Å²) >= 11 is 1.79. The number of thiazole rings is 1. The van der Waals surface area contributed by atoms with Crippen molar-refractivity contribution in [2.24, 2.45) is 11.8 Å².